The van der Waals surface area contributed by atoms with Crippen molar-refractivity contribution in [3.05, 3.63) is 24.5 Å². The Kier molecular flexibility index (Phi) is 3.61. The molecule has 1 aromatic heterocycles. The van der Waals surface area contributed by atoms with Crippen LogP contribution in [0.1, 0.15) is 0 Å². The number of carbonyl (C=O) groups excluding carboxylic acids is 2. The normalized spacial score (nSPS) is 9.20. The Labute approximate surface area is 87.3 Å². The third-order valence-electron chi connectivity index (χ3n) is 1.74. The molecule has 1 aromatic rings. The quantitative estimate of drug-likeness (QED) is 0.719. The molecule has 0 fully saturated rings. The lowest BCUT2D eigenvalue weighted by Crippen LogP contribution is -2.41. The molecular weight excluding hydrogens is 196 g/mol. The van der Waals surface area contributed by atoms with E-state index in [-0.39, 0.29) is 0 Å². The molecule has 0 bridgehead atoms. The molecular formula is C9H12N4O2. The number of hydrogen-bond donors (Lipinski definition) is 2. The zero-order chi connectivity index (χ0) is 11.3. The van der Waals surface area contributed by atoms with Crippen LogP contribution in [0.5, 0.6) is 0 Å². The van der Waals surface area contributed by atoms with E-state index in [1.807, 2.05) is 0 Å². The molecule has 6 nitrogen and oxygen atoms in total. The fourth-order valence-corrected chi connectivity index (χ4v) is 0.904. The fraction of sp³-hybridized carbons (Fsp3) is 0.222. The number of carbonyl (C=O) groups is 2. The SMILES string of the molecule is CNC(=O)N(C)C(=O)Nc1cccnc1. The number of nitrogens with one attached hydrogen (secondary N) is 2. The topological polar surface area (TPSA) is 74.3 Å². The Hall–Kier alpha value is -2.11. The first-order chi connectivity index (χ1) is 7.15. The van der Waals surface area contributed by atoms with Gasteiger partial charge in [0.1, 0.15) is 0 Å². The van der Waals surface area contributed by atoms with E-state index in [1.54, 1.807) is 18.3 Å². The van der Waals surface area contributed by atoms with E-state index < -0.39 is 12.1 Å². The summed E-state index contributed by atoms with van der Waals surface area (Å²) in [5, 5.41) is 4.86. The van der Waals surface area contributed by atoms with Crippen molar-refractivity contribution in [2.45, 2.75) is 0 Å². The van der Waals surface area contributed by atoms with Crippen LogP contribution in [0.15, 0.2) is 24.5 Å². The molecule has 0 saturated carbocycles. The van der Waals surface area contributed by atoms with E-state index in [1.165, 1.54) is 20.3 Å². The number of nitrogens with zero attached hydrogens (tertiary/aromatic N) is 2. The second-order valence-corrected chi connectivity index (χ2v) is 2.79. The molecule has 0 aliphatic carbocycles. The predicted molar refractivity (Wildman–Crippen MR) is 55.5 cm³/mol. The van der Waals surface area contributed by atoms with Gasteiger partial charge in [-0.1, -0.05) is 0 Å². The second kappa shape index (κ2) is 4.94. The van der Waals surface area contributed by atoms with Crippen LogP contribution < -0.4 is 10.6 Å². The Bertz CT molecular complexity index is 352. The highest BCUT2D eigenvalue weighted by Gasteiger charge is 2.14. The van der Waals surface area contributed by atoms with Crippen molar-refractivity contribution in [1.82, 2.24) is 15.2 Å². The average Bonchev–Trinajstić information content (AvgIpc) is 2.28. The first kappa shape index (κ1) is 11.0. The minimum atomic E-state index is -0.512. The largest absolute Gasteiger partial charge is 0.341 e. The molecule has 1 heterocycles. The zero-order valence-electron chi connectivity index (χ0n) is 8.52. The lowest BCUT2D eigenvalue weighted by atomic mass is 10.4. The maximum Gasteiger partial charge on any atom is 0.329 e. The van der Waals surface area contributed by atoms with Crippen molar-refractivity contribution < 1.29 is 9.59 Å². The van der Waals surface area contributed by atoms with Gasteiger partial charge in [-0.25, -0.2) is 14.5 Å². The van der Waals surface area contributed by atoms with Crippen molar-refractivity contribution in [2.75, 3.05) is 19.4 Å². The lowest BCUT2D eigenvalue weighted by Gasteiger charge is -2.15. The van der Waals surface area contributed by atoms with Crippen LogP contribution in [0.3, 0.4) is 0 Å². The second-order valence-electron chi connectivity index (χ2n) is 2.79. The summed E-state index contributed by atoms with van der Waals surface area (Å²) in [6.07, 6.45) is 3.09. The van der Waals surface area contributed by atoms with E-state index in [0.717, 1.165) is 4.90 Å². The molecule has 0 aliphatic heterocycles. The van der Waals surface area contributed by atoms with E-state index in [0.29, 0.717) is 5.69 Å². The van der Waals surface area contributed by atoms with Crippen molar-refractivity contribution >= 4 is 17.7 Å². The third kappa shape index (κ3) is 2.94. The highest BCUT2D eigenvalue weighted by molar-refractivity contribution is 6.00. The molecule has 6 heteroatoms. The standard InChI is InChI=1S/C9H12N4O2/c1-10-8(14)13(2)9(15)12-7-4-3-5-11-6-7/h3-6H,1-2H3,(H,10,14)(H,12,15). The zero-order valence-corrected chi connectivity index (χ0v) is 8.52. The van der Waals surface area contributed by atoms with Crippen LogP contribution in [-0.4, -0.2) is 36.0 Å². The van der Waals surface area contributed by atoms with Gasteiger partial charge in [0.2, 0.25) is 0 Å². The molecule has 2 N–H and O–H groups in total. The van der Waals surface area contributed by atoms with Gasteiger partial charge in [-0.2, -0.15) is 0 Å². The van der Waals surface area contributed by atoms with Gasteiger partial charge in [0.15, 0.2) is 0 Å². The molecule has 4 amide bonds. The van der Waals surface area contributed by atoms with Crippen LogP contribution in [0.4, 0.5) is 15.3 Å². The van der Waals surface area contributed by atoms with Gasteiger partial charge < -0.3 is 10.6 Å². The molecule has 0 atom stereocenters. The maximum absolute atomic E-state index is 11.4. The lowest BCUT2D eigenvalue weighted by molar-refractivity contribution is 0.203. The van der Waals surface area contributed by atoms with Gasteiger partial charge in [0, 0.05) is 20.3 Å². The smallest absolute Gasteiger partial charge is 0.329 e. The monoisotopic (exact) mass is 208 g/mol. The average molecular weight is 208 g/mol. The highest BCUT2D eigenvalue weighted by atomic mass is 16.2. The Morgan fingerprint density at radius 3 is 2.67 bits per heavy atom. The van der Waals surface area contributed by atoms with E-state index in [4.69, 9.17) is 0 Å². The van der Waals surface area contributed by atoms with Crippen molar-refractivity contribution in [2.24, 2.45) is 0 Å². The van der Waals surface area contributed by atoms with Gasteiger partial charge in [-0.05, 0) is 12.1 Å². The highest BCUT2D eigenvalue weighted by Crippen LogP contribution is 2.03. The van der Waals surface area contributed by atoms with E-state index in [9.17, 15) is 9.59 Å². The molecule has 80 valence electrons. The Balaban J connectivity index is 2.60. The Morgan fingerprint density at radius 1 is 1.40 bits per heavy atom. The molecule has 1 rings (SSSR count). The minimum Gasteiger partial charge on any atom is -0.341 e. The summed E-state index contributed by atoms with van der Waals surface area (Å²) < 4.78 is 0. The van der Waals surface area contributed by atoms with Crippen molar-refractivity contribution in [1.29, 1.82) is 0 Å². The van der Waals surface area contributed by atoms with Crippen molar-refractivity contribution in [3.8, 4) is 0 Å². The van der Waals surface area contributed by atoms with Gasteiger partial charge in [0.05, 0.1) is 11.9 Å². The number of amides is 4. The molecule has 0 saturated heterocycles. The minimum absolute atomic E-state index is 0.476. The van der Waals surface area contributed by atoms with Crippen LogP contribution >= 0.6 is 0 Å². The number of aromatic nitrogens is 1. The summed E-state index contributed by atoms with van der Waals surface area (Å²) in [5.74, 6) is 0. The summed E-state index contributed by atoms with van der Waals surface area (Å²) in [6.45, 7) is 0. The van der Waals surface area contributed by atoms with Crippen LogP contribution in [-0.2, 0) is 0 Å². The number of imide groups is 1. The van der Waals surface area contributed by atoms with Gasteiger partial charge in [-0.3, -0.25) is 4.98 Å². The summed E-state index contributed by atoms with van der Waals surface area (Å²) in [5.41, 5.74) is 0.540. The first-order valence-corrected chi connectivity index (χ1v) is 4.31. The number of rotatable bonds is 1. The third-order valence-corrected chi connectivity index (χ3v) is 1.74. The molecule has 0 radical (unpaired) electrons. The number of hydrogen-bond acceptors (Lipinski definition) is 3. The van der Waals surface area contributed by atoms with Crippen molar-refractivity contribution in [3.63, 3.8) is 0 Å². The van der Waals surface area contributed by atoms with Gasteiger partial charge in [-0.15, -0.1) is 0 Å². The predicted octanol–water partition coefficient (Wildman–Crippen LogP) is 0.885. The summed E-state index contributed by atoms with van der Waals surface area (Å²) in [6, 6.07) is 2.39. The van der Waals surface area contributed by atoms with Crippen LogP contribution in [0.2, 0.25) is 0 Å². The summed E-state index contributed by atoms with van der Waals surface area (Å²) in [7, 11) is 2.83. The number of urea groups is 2. The first-order valence-electron chi connectivity index (χ1n) is 4.31. The van der Waals surface area contributed by atoms with E-state index >= 15 is 0 Å². The van der Waals surface area contributed by atoms with Crippen LogP contribution in [0.25, 0.3) is 0 Å². The Morgan fingerprint density at radius 2 is 2.13 bits per heavy atom. The summed E-state index contributed by atoms with van der Waals surface area (Å²) in [4.78, 5) is 27.3. The maximum atomic E-state index is 11.4. The summed E-state index contributed by atoms with van der Waals surface area (Å²) >= 11 is 0. The molecule has 0 unspecified atom stereocenters. The molecule has 0 aromatic carbocycles. The van der Waals surface area contributed by atoms with E-state index in [2.05, 4.69) is 15.6 Å². The molecule has 15 heavy (non-hydrogen) atoms. The van der Waals surface area contributed by atoms with Gasteiger partial charge >= 0.3 is 12.1 Å². The number of anilines is 1. The number of pyridine rings is 1. The molecule has 0 spiro atoms. The molecule has 0 aliphatic rings. The fourth-order valence-electron chi connectivity index (χ4n) is 0.904. The van der Waals surface area contributed by atoms with Crippen LogP contribution in [0, 0.1) is 0 Å². The van der Waals surface area contributed by atoms with Gasteiger partial charge in [0.25, 0.3) is 0 Å².